The maximum atomic E-state index is 12.6. The smallest absolute Gasteiger partial charge is 0.233 e. The molecule has 0 radical (unpaired) electrons. The van der Waals surface area contributed by atoms with Crippen molar-refractivity contribution >= 4 is 33.2 Å². The van der Waals surface area contributed by atoms with Crippen LogP contribution in [0.15, 0.2) is 29.6 Å². The van der Waals surface area contributed by atoms with E-state index in [4.69, 9.17) is 0 Å². The zero-order chi connectivity index (χ0) is 17.2. The molecule has 0 aromatic carbocycles. The van der Waals surface area contributed by atoms with Gasteiger partial charge in [0.05, 0.1) is 17.3 Å². The summed E-state index contributed by atoms with van der Waals surface area (Å²) in [4.78, 5) is 14.3. The number of amides is 1. The number of carbonyl (C=O) groups excluding carboxylic acids is 1. The van der Waals surface area contributed by atoms with Gasteiger partial charge in [0, 0.05) is 18.8 Å². The number of hydrogen-bond donors (Lipinski definition) is 0. The maximum Gasteiger partial charge on any atom is 0.233 e. The first-order valence-electron chi connectivity index (χ1n) is 7.92. The molecule has 24 heavy (non-hydrogen) atoms. The summed E-state index contributed by atoms with van der Waals surface area (Å²) in [6, 6.07) is 5.42. The lowest BCUT2D eigenvalue weighted by atomic mass is 10.2. The van der Waals surface area contributed by atoms with E-state index in [2.05, 4.69) is 10.2 Å². The van der Waals surface area contributed by atoms with Crippen LogP contribution < -0.4 is 0 Å². The number of rotatable bonds is 6. The lowest BCUT2D eigenvalue weighted by Gasteiger charge is -2.27. The molecule has 2 aromatic heterocycles. The van der Waals surface area contributed by atoms with Crippen LogP contribution in [0.25, 0.3) is 5.65 Å². The molecule has 130 valence electrons. The van der Waals surface area contributed by atoms with Crippen LogP contribution in [0.1, 0.15) is 19.8 Å². The number of hydrogen-bond acceptors (Lipinski definition) is 6. The van der Waals surface area contributed by atoms with Crippen molar-refractivity contribution in [1.82, 2.24) is 19.5 Å². The highest BCUT2D eigenvalue weighted by atomic mass is 32.2. The number of aromatic nitrogens is 3. The molecule has 1 saturated heterocycles. The monoisotopic (exact) mass is 368 g/mol. The standard InChI is InChI=1S/C15H20N4O3S2/c1-2-7-18(12-6-9-24(21,22)11-12)14(20)10-23-15-17-16-13-5-3-4-8-19(13)15/h3-5,8,12H,2,6-7,9-11H2,1H3/t12-/m0/s1. The fourth-order valence-electron chi connectivity index (χ4n) is 2.90. The van der Waals surface area contributed by atoms with E-state index in [1.165, 1.54) is 11.8 Å². The first-order chi connectivity index (χ1) is 11.5. The van der Waals surface area contributed by atoms with Crippen LogP contribution in [0, 0.1) is 0 Å². The van der Waals surface area contributed by atoms with Crippen molar-refractivity contribution in [2.24, 2.45) is 0 Å². The average molecular weight is 368 g/mol. The molecule has 0 unspecified atom stereocenters. The highest BCUT2D eigenvalue weighted by Crippen LogP contribution is 2.21. The van der Waals surface area contributed by atoms with E-state index in [0.29, 0.717) is 18.1 Å². The zero-order valence-electron chi connectivity index (χ0n) is 13.5. The van der Waals surface area contributed by atoms with Crippen LogP contribution in [0.5, 0.6) is 0 Å². The first kappa shape index (κ1) is 17.2. The molecule has 7 nitrogen and oxygen atoms in total. The minimum atomic E-state index is -3.01. The molecular formula is C15H20N4O3S2. The zero-order valence-corrected chi connectivity index (χ0v) is 15.1. The van der Waals surface area contributed by atoms with E-state index < -0.39 is 9.84 Å². The molecular weight excluding hydrogens is 348 g/mol. The highest BCUT2D eigenvalue weighted by molar-refractivity contribution is 7.99. The number of nitrogens with zero attached hydrogens (tertiary/aromatic N) is 4. The Labute approximate surface area is 145 Å². The van der Waals surface area contributed by atoms with Gasteiger partial charge >= 0.3 is 0 Å². The molecule has 0 spiro atoms. The van der Waals surface area contributed by atoms with Crippen LogP contribution in [0.3, 0.4) is 0 Å². The van der Waals surface area contributed by atoms with Crippen molar-refractivity contribution in [1.29, 1.82) is 0 Å². The van der Waals surface area contributed by atoms with Gasteiger partial charge in [-0.25, -0.2) is 8.42 Å². The van der Waals surface area contributed by atoms with Crippen molar-refractivity contribution in [3.8, 4) is 0 Å². The highest BCUT2D eigenvalue weighted by Gasteiger charge is 2.34. The number of pyridine rings is 1. The Balaban J connectivity index is 1.67. The molecule has 9 heteroatoms. The van der Waals surface area contributed by atoms with Crippen molar-refractivity contribution in [2.75, 3.05) is 23.8 Å². The number of thioether (sulfide) groups is 1. The summed E-state index contributed by atoms with van der Waals surface area (Å²) in [6.07, 6.45) is 3.20. The fraction of sp³-hybridized carbons (Fsp3) is 0.533. The number of sulfone groups is 1. The third-order valence-corrected chi connectivity index (χ3v) is 6.72. The summed E-state index contributed by atoms with van der Waals surface area (Å²) in [7, 11) is -3.01. The van der Waals surface area contributed by atoms with E-state index in [1.54, 1.807) is 4.90 Å². The molecule has 1 aliphatic heterocycles. The van der Waals surface area contributed by atoms with Gasteiger partial charge in [-0.3, -0.25) is 9.20 Å². The van der Waals surface area contributed by atoms with Gasteiger partial charge in [-0.1, -0.05) is 24.8 Å². The van der Waals surface area contributed by atoms with Crippen LogP contribution in [0.4, 0.5) is 0 Å². The third-order valence-electron chi connectivity index (χ3n) is 4.04. The van der Waals surface area contributed by atoms with E-state index >= 15 is 0 Å². The fourth-order valence-corrected chi connectivity index (χ4v) is 5.44. The number of fused-ring (bicyclic) bond motifs is 1. The second kappa shape index (κ2) is 7.10. The Morgan fingerprint density at radius 1 is 1.42 bits per heavy atom. The van der Waals surface area contributed by atoms with E-state index in [9.17, 15) is 13.2 Å². The van der Waals surface area contributed by atoms with Crippen LogP contribution >= 0.6 is 11.8 Å². The lowest BCUT2D eigenvalue weighted by Crippen LogP contribution is -2.42. The second-order valence-electron chi connectivity index (χ2n) is 5.84. The molecule has 1 fully saturated rings. The molecule has 3 heterocycles. The van der Waals surface area contributed by atoms with Gasteiger partial charge in [-0.05, 0) is 25.0 Å². The predicted octanol–water partition coefficient (Wildman–Crippen LogP) is 1.25. The molecule has 0 saturated carbocycles. The van der Waals surface area contributed by atoms with Gasteiger partial charge in [0.15, 0.2) is 20.6 Å². The number of carbonyl (C=O) groups is 1. The van der Waals surface area contributed by atoms with Crippen molar-refractivity contribution < 1.29 is 13.2 Å². The maximum absolute atomic E-state index is 12.6. The van der Waals surface area contributed by atoms with E-state index in [-0.39, 0.29) is 29.2 Å². The van der Waals surface area contributed by atoms with Gasteiger partial charge in [0.25, 0.3) is 0 Å². The van der Waals surface area contributed by atoms with Gasteiger partial charge in [0.1, 0.15) is 0 Å². The van der Waals surface area contributed by atoms with Gasteiger partial charge in [-0.15, -0.1) is 10.2 Å². The van der Waals surface area contributed by atoms with Crippen LogP contribution in [0.2, 0.25) is 0 Å². The molecule has 2 aromatic rings. The lowest BCUT2D eigenvalue weighted by molar-refractivity contribution is -0.130. The Morgan fingerprint density at radius 3 is 2.96 bits per heavy atom. The topological polar surface area (TPSA) is 84.6 Å². The largest absolute Gasteiger partial charge is 0.338 e. The van der Waals surface area contributed by atoms with E-state index in [1.807, 2.05) is 35.7 Å². The van der Waals surface area contributed by atoms with E-state index in [0.717, 1.165) is 12.1 Å². The van der Waals surface area contributed by atoms with Crippen molar-refractivity contribution in [3.05, 3.63) is 24.4 Å². The SMILES string of the molecule is CCCN(C(=O)CSc1nnc2ccccn12)[C@H]1CCS(=O)(=O)C1. The molecule has 1 amide bonds. The summed E-state index contributed by atoms with van der Waals surface area (Å²) in [5.74, 6) is 0.438. The molecule has 0 aliphatic carbocycles. The molecule has 0 bridgehead atoms. The Bertz CT molecular complexity index is 834. The summed E-state index contributed by atoms with van der Waals surface area (Å²) < 4.78 is 25.2. The quantitative estimate of drug-likeness (QED) is 0.714. The van der Waals surface area contributed by atoms with Gasteiger partial charge in [-0.2, -0.15) is 0 Å². The Morgan fingerprint density at radius 2 is 2.25 bits per heavy atom. The molecule has 1 atom stereocenters. The summed E-state index contributed by atoms with van der Waals surface area (Å²) in [6.45, 7) is 2.57. The summed E-state index contributed by atoms with van der Waals surface area (Å²) in [5, 5.41) is 8.83. The third kappa shape index (κ3) is 3.72. The Kier molecular flexibility index (Phi) is 5.09. The Hall–Kier alpha value is -1.61. The predicted molar refractivity (Wildman–Crippen MR) is 92.8 cm³/mol. The normalized spacial score (nSPS) is 19.6. The summed E-state index contributed by atoms with van der Waals surface area (Å²) in [5.41, 5.74) is 0.736. The van der Waals surface area contributed by atoms with Crippen molar-refractivity contribution in [3.63, 3.8) is 0 Å². The minimum Gasteiger partial charge on any atom is -0.338 e. The van der Waals surface area contributed by atoms with Gasteiger partial charge < -0.3 is 4.90 Å². The molecule has 3 rings (SSSR count). The van der Waals surface area contributed by atoms with Crippen LogP contribution in [-0.4, -0.2) is 63.7 Å². The molecule has 1 aliphatic rings. The summed E-state index contributed by atoms with van der Waals surface area (Å²) >= 11 is 1.33. The van der Waals surface area contributed by atoms with Gasteiger partial charge in [0.2, 0.25) is 5.91 Å². The molecule has 0 N–H and O–H groups in total. The second-order valence-corrected chi connectivity index (χ2v) is 9.02. The minimum absolute atomic E-state index is 0.0448. The van der Waals surface area contributed by atoms with Crippen LogP contribution in [-0.2, 0) is 14.6 Å². The average Bonchev–Trinajstić information content (AvgIpc) is 3.13. The first-order valence-corrected chi connectivity index (χ1v) is 10.7. The van der Waals surface area contributed by atoms with Crippen molar-refractivity contribution in [2.45, 2.75) is 31.0 Å².